The van der Waals surface area contributed by atoms with Crippen molar-refractivity contribution in [1.29, 1.82) is 0 Å². The van der Waals surface area contributed by atoms with Crippen LogP contribution in [-0.4, -0.2) is 32.4 Å². The zero-order valence-corrected chi connectivity index (χ0v) is 9.78. The molecule has 2 unspecified atom stereocenters. The van der Waals surface area contributed by atoms with Gasteiger partial charge in [0.25, 0.3) is 0 Å². The molecule has 3 heterocycles. The molecular weight excluding hydrogens is 234 g/mol. The number of hydrogen-bond donors (Lipinski definition) is 3. The molecule has 0 radical (unpaired) electrons. The molecule has 1 aliphatic heterocycles. The van der Waals surface area contributed by atoms with Crippen molar-refractivity contribution in [3.63, 3.8) is 0 Å². The third-order valence-electron chi connectivity index (χ3n) is 3.22. The van der Waals surface area contributed by atoms with Crippen LogP contribution < -0.4 is 11.5 Å². The second-order valence-electron chi connectivity index (χ2n) is 4.40. The summed E-state index contributed by atoms with van der Waals surface area (Å²) in [5, 5.41) is 9.85. The van der Waals surface area contributed by atoms with E-state index in [1.165, 1.54) is 0 Å². The number of aromatic nitrogens is 3. The van der Waals surface area contributed by atoms with E-state index in [0.717, 1.165) is 18.2 Å². The highest BCUT2D eigenvalue weighted by Crippen LogP contribution is 2.32. The number of nitrogens with two attached hydrogens (primary N) is 2. The maximum Gasteiger partial charge on any atom is 0.223 e. The van der Waals surface area contributed by atoms with Crippen molar-refractivity contribution in [1.82, 2.24) is 14.5 Å². The van der Waals surface area contributed by atoms with Crippen molar-refractivity contribution in [2.24, 2.45) is 0 Å². The van der Waals surface area contributed by atoms with Gasteiger partial charge in [0, 0.05) is 6.20 Å². The SMILES string of the molecule is Nc1nc(N)c2ccn(C3CCC(CO)O3)c2n1. The summed E-state index contributed by atoms with van der Waals surface area (Å²) in [6, 6.07) is 1.85. The first-order valence-electron chi connectivity index (χ1n) is 5.85. The van der Waals surface area contributed by atoms with E-state index in [9.17, 15) is 0 Å². The Morgan fingerprint density at radius 2 is 2.22 bits per heavy atom. The molecule has 0 saturated carbocycles. The van der Waals surface area contributed by atoms with Crippen LogP contribution >= 0.6 is 0 Å². The molecule has 1 fully saturated rings. The lowest BCUT2D eigenvalue weighted by Crippen LogP contribution is -2.14. The summed E-state index contributed by atoms with van der Waals surface area (Å²) < 4.78 is 7.60. The predicted molar refractivity (Wildman–Crippen MR) is 66.6 cm³/mol. The number of aliphatic hydroxyl groups is 1. The van der Waals surface area contributed by atoms with Crippen LogP contribution in [0.5, 0.6) is 0 Å². The molecule has 2 aromatic heterocycles. The van der Waals surface area contributed by atoms with Gasteiger partial charge in [0.1, 0.15) is 17.7 Å². The molecule has 3 rings (SSSR count). The minimum Gasteiger partial charge on any atom is -0.394 e. The second kappa shape index (κ2) is 4.11. The van der Waals surface area contributed by atoms with Crippen LogP contribution in [-0.2, 0) is 4.74 Å². The summed E-state index contributed by atoms with van der Waals surface area (Å²) in [6.07, 6.45) is 3.28. The standard InChI is InChI=1S/C11H15N5O2/c12-9-7-3-4-16(10(7)15-11(13)14-9)8-2-1-6(5-17)18-8/h3-4,6,8,17H,1-2,5H2,(H4,12,13,14,15). The van der Waals surface area contributed by atoms with Crippen LogP contribution in [0, 0.1) is 0 Å². The summed E-state index contributed by atoms with van der Waals surface area (Å²) in [4.78, 5) is 8.12. The molecule has 0 spiro atoms. The van der Waals surface area contributed by atoms with E-state index in [2.05, 4.69) is 9.97 Å². The molecule has 96 valence electrons. The average molecular weight is 249 g/mol. The molecule has 5 N–H and O–H groups in total. The molecule has 1 saturated heterocycles. The molecule has 0 aliphatic carbocycles. The van der Waals surface area contributed by atoms with Gasteiger partial charge in [0.2, 0.25) is 5.95 Å². The predicted octanol–water partition coefficient (Wildman–Crippen LogP) is 0.266. The molecule has 0 aromatic carbocycles. The number of anilines is 2. The maximum absolute atomic E-state index is 9.08. The number of hydrogen-bond acceptors (Lipinski definition) is 6. The number of aliphatic hydroxyl groups excluding tert-OH is 1. The summed E-state index contributed by atoms with van der Waals surface area (Å²) in [5.41, 5.74) is 12.1. The smallest absolute Gasteiger partial charge is 0.223 e. The fourth-order valence-corrected chi connectivity index (χ4v) is 2.33. The summed E-state index contributed by atoms with van der Waals surface area (Å²) in [5.74, 6) is 0.518. The molecular formula is C11H15N5O2. The molecule has 2 aromatic rings. The minimum absolute atomic E-state index is 0.0367. The third kappa shape index (κ3) is 1.68. The molecule has 2 atom stereocenters. The zero-order chi connectivity index (χ0) is 12.7. The number of fused-ring (bicyclic) bond motifs is 1. The van der Waals surface area contributed by atoms with Crippen LogP contribution in [0.25, 0.3) is 11.0 Å². The molecule has 0 amide bonds. The highest BCUT2D eigenvalue weighted by atomic mass is 16.5. The van der Waals surface area contributed by atoms with Crippen LogP contribution in [0.1, 0.15) is 19.1 Å². The van der Waals surface area contributed by atoms with Gasteiger partial charge in [-0.1, -0.05) is 0 Å². The highest BCUT2D eigenvalue weighted by Gasteiger charge is 2.27. The van der Waals surface area contributed by atoms with Gasteiger partial charge in [-0.2, -0.15) is 9.97 Å². The fraction of sp³-hybridized carbons (Fsp3) is 0.455. The van der Waals surface area contributed by atoms with Gasteiger partial charge >= 0.3 is 0 Å². The lowest BCUT2D eigenvalue weighted by Gasteiger charge is -2.14. The van der Waals surface area contributed by atoms with Crippen LogP contribution in [0.3, 0.4) is 0 Å². The minimum atomic E-state index is -0.131. The van der Waals surface area contributed by atoms with Gasteiger partial charge in [0.05, 0.1) is 18.1 Å². The molecule has 7 heteroatoms. The molecule has 18 heavy (non-hydrogen) atoms. The lowest BCUT2D eigenvalue weighted by atomic mass is 10.2. The number of rotatable bonds is 2. The van der Waals surface area contributed by atoms with Crippen LogP contribution in [0.2, 0.25) is 0 Å². The van der Waals surface area contributed by atoms with Crippen molar-refractivity contribution in [2.75, 3.05) is 18.1 Å². The normalized spacial score (nSPS) is 23.8. The Balaban J connectivity index is 2.03. The molecule has 7 nitrogen and oxygen atoms in total. The first kappa shape index (κ1) is 11.2. The summed E-state index contributed by atoms with van der Waals surface area (Å²) in [7, 11) is 0. The van der Waals surface area contributed by atoms with E-state index in [-0.39, 0.29) is 24.9 Å². The highest BCUT2D eigenvalue weighted by molar-refractivity contribution is 5.87. The van der Waals surface area contributed by atoms with Crippen molar-refractivity contribution >= 4 is 22.8 Å². The van der Waals surface area contributed by atoms with E-state index in [1.54, 1.807) is 0 Å². The Hall–Kier alpha value is -1.86. The van der Waals surface area contributed by atoms with E-state index < -0.39 is 0 Å². The second-order valence-corrected chi connectivity index (χ2v) is 4.40. The summed E-state index contributed by atoms with van der Waals surface area (Å²) >= 11 is 0. The average Bonchev–Trinajstić information content (AvgIpc) is 2.93. The largest absolute Gasteiger partial charge is 0.394 e. The Kier molecular flexibility index (Phi) is 2.57. The Labute approximate surface area is 103 Å². The van der Waals surface area contributed by atoms with Gasteiger partial charge in [-0.25, -0.2) is 0 Å². The van der Waals surface area contributed by atoms with Gasteiger partial charge in [-0.05, 0) is 18.9 Å². The van der Waals surface area contributed by atoms with Gasteiger partial charge in [-0.15, -0.1) is 0 Å². The van der Waals surface area contributed by atoms with Crippen molar-refractivity contribution < 1.29 is 9.84 Å². The van der Waals surface area contributed by atoms with Crippen LogP contribution in [0.15, 0.2) is 12.3 Å². The topological polar surface area (TPSA) is 112 Å². The Bertz CT molecular complexity index is 582. The first-order chi connectivity index (χ1) is 8.69. The van der Waals surface area contributed by atoms with Gasteiger partial charge < -0.3 is 25.9 Å². The first-order valence-corrected chi connectivity index (χ1v) is 5.85. The van der Waals surface area contributed by atoms with E-state index in [4.69, 9.17) is 21.3 Å². The maximum atomic E-state index is 9.08. The van der Waals surface area contributed by atoms with E-state index in [1.807, 2.05) is 16.8 Å². The number of ether oxygens (including phenoxy) is 1. The fourth-order valence-electron chi connectivity index (χ4n) is 2.33. The number of nitrogen functional groups attached to an aromatic ring is 2. The van der Waals surface area contributed by atoms with Gasteiger partial charge in [-0.3, -0.25) is 0 Å². The van der Waals surface area contributed by atoms with Crippen molar-refractivity contribution in [2.45, 2.75) is 25.2 Å². The lowest BCUT2D eigenvalue weighted by molar-refractivity contribution is -0.0204. The van der Waals surface area contributed by atoms with Crippen molar-refractivity contribution in [3.8, 4) is 0 Å². The summed E-state index contributed by atoms with van der Waals surface area (Å²) in [6.45, 7) is 0.0367. The quantitative estimate of drug-likeness (QED) is 0.704. The Morgan fingerprint density at radius 1 is 1.39 bits per heavy atom. The van der Waals surface area contributed by atoms with Gasteiger partial charge in [0.15, 0.2) is 0 Å². The van der Waals surface area contributed by atoms with Crippen LogP contribution in [0.4, 0.5) is 11.8 Å². The zero-order valence-electron chi connectivity index (χ0n) is 9.78. The molecule has 0 bridgehead atoms. The molecule has 1 aliphatic rings. The number of nitrogens with zero attached hydrogens (tertiary/aromatic N) is 3. The van der Waals surface area contributed by atoms with Crippen molar-refractivity contribution in [3.05, 3.63) is 12.3 Å². The monoisotopic (exact) mass is 249 g/mol. The van der Waals surface area contributed by atoms with E-state index in [0.29, 0.717) is 11.5 Å². The Morgan fingerprint density at radius 3 is 2.94 bits per heavy atom. The van der Waals surface area contributed by atoms with E-state index >= 15 is 0 Å². The third-order valence-corrected chi connectivity index (χ3v) is 3.22.